The third-order valence-corrected chi connectivity index (χ3v) is 4.57. The third kappa shape index (κ3) is 3.43. The van der Waals surface area contributed by atoms with Crippen molar-refractivity contribution in [2.24, 2.45) is 0 Å². The lowest BCUT2D eigenvalue weighted by Crippen LogP contribution is -2.27. The minimum atomic E-state index is -0.487. The number of thiophene rings is 1. The first-order valence-electron chi connectivity index (χ1n) is 7.41. The summed E-state index contributed by atoms with van der Waals surface area (Å²) < 4.78 is 6.45. The van der Waals surface area contributed by atoms with E-state index >= 15 is 0 Å². The zero-order chi connectivity index (χ0) is 18.0. The van der Waals surface area contributed by atoms with Gasteiger partial charge < -0.3 is 10.1 Å². The van der Waals surface area contributed by atoms with E-state index in [-0.39, 0.29) is 18.0 Å². The van der Waals surface area contributed by atoms with E-state index in [0.717, 1.165) is 5.56 Å². The van der Waals surface area contributed by atoms with E-state index in [1.807, 2.05) is 6.92 Å². The molecule has 0 aliphatic heterocycles. The van der Waals surface area contributed by atoms with Gasteiger partial charge in [0, 0.05) is 5.69 Å². The molecule has 3 aromatic rings. The van der Waals surface area contributed by atoms with Gasteiger partial charge in [0.05, 0.1) is 24.5 Å². The lowest BCUT2D eigenvalue weighted by molar-refractivity contribution is -0.116. The van der Waals surface area contributed by atoms with Crippen LogP contribution >= 0.6 is 11.3 Å². The van der Waals surface area contributed by atoms with Crippen molar-refractivity contribution in [3.05, 3.63) is 57.5 Å². The van der Waals surface area contributed by atoms with Gasteiger partial charge in [0.15, 0.2) is 0 Å². The third-order valence-electron chi connectivity index (χ3n) is 3.68. The molecule has 0 bridgehead atoms. The lowest BCUT2D eigenvalue weighted by Gasteiger charge is -2.11. The maximum Gasteiger partial charge on any atom is 0.337 e. The monoisotopic (exact) mass is 357 g/mol. The zero-order valence-corrected chi connectivity index (χ0v) is 14.4. The van der Waals surface area contributed by atoms with Crippen molar-refractivity contribution in [3.63, 3.8) is 0 Å². The lowest BCUT2D eigenvalue weighted by atomic mass is 10.1. The number of nitrogens with one attached hydrogen (secondary N) is 1. The summed E-state index contributed by atoms with van der Waals surface area (Å²) in [7, 11) is 1.29. The van der Waals surface area contributed by atoms with Crippen LogP contribution in [-0.2, 0) is 16.1 Å². The Balaban J connectivity index is 1.81. The zero-order valence-electron chi connectivity index (χ0n) is 13.6. The molecular formula is C17H15N3O4S. The number of benzene rings is 1. The number of esters is 1. The summed E-state index contributed by atoms with van der Waals surface area (Å²) in [4.78, 5) is 40.4. The summed E-state index contributed by atoms with van der Waals surface area (Å²) >= 11 is 1.29. The highest BCUT2D eigenvalue weighted by atomic mass is 32.1. The van der Waals surface area contributed by atoms with Gasteiger partial charge in [-0.05, 0) is 36.1 Å². The number of nitrogens with zero attached hydrogens (tertiary/aromatic N) is 2. The van der Waals surface area contributed by atoms with Crippen LogP contribution in [0.5, 0.6) is 0 Å². The number of rotatable bonds is 4. The first kappa shape index (κ1) is 16.8. The van der Waals surface area contributed by atoms with Crippen LogP contribution in [0.15, 0.2) is 40.8 Å². The molecule has 3 rings (SSSR count). The number of aromatic nitrogens is 2. The largest absolute Gasteiger partial charge is 0.465 e. The van der Waals surface area contributed by atoms with E-state index in [0.29, 0.717) is 21.5 Å². The van der Waals surface area contributed by atoms with Crippen LogP contribution in [0.1, 0.15) is 15.9 Å². The summed E-state index contributed by atoms with van der Waals surface area (Å²) in [5.41, 5.74) is 1.98. The van der Waals surface area contributed by atoms with Crippen molar-refractivity contribution >= 4 is 39.1 Å². The molecule has 0 fully saturated rings. The van der Waals surface area contributed by atoms with Crippen molar-refractivity contribution in [1.82, 2.24) is 9.55 Å². The second-order valence-electron chi connectivity index (χ2n) is 5.38. The summed E-state index contributed by atoms with van der Waals surface area (Å²) in [6.07, 6.45) is 1.36. The Morgan fingerprint density at radius 1 is 1.32 bits per heavy atom. The summed E-state index contributed by atoms with van der Waals surface area (Å²) in [5, 5.41) is 4.50. The number of hydrogen-bond donors (Lipinski definition) is 1. The second-order valence-corrected chi connectivity index (χ2v) is 6.30. The van der Waals surface area contributed by atoms with Crippen molar-refractivity contribution < 1.29 is 14.3 Å². The van der Waals surface area contributed by atoms with Gasteiger partial charge in [0.25, 0.3) is 5.56 Å². The fraction of sp³-hybridized carbons (Fsp3) is 0.176. The van der Waals surface area contributed by atoms with Crippen LogP contribution in [0.2, 0.25) is 0 Å². The van der Waals surface area contributed by atoms with Gasteiger partial charge in [-0.1, -0.05) is 6.07 Å². The molecule has 0 saturated heterocycles. The molecule has 0 unspecified atom stereocenters. The Morgan fingerprint density at radius 3 is 2.88 bits per heavy atom. The molecule has 2 heterocycles. The van der Waals surface area contributed by atoms with Crippen molar-refractivity contribution in [3.8, 4) is 0 Å². The molecule has 0 aliphatic rings. The smallest absolute Gasteiger partial charge is 0.337 e. The Kier molecular flexibility index (Phi) is 4.62. The number of hydrogen-bond acceptors (Lipinski definition) is 6. The van der Waals surface area contributed by atoms with Gasteiger partial charge in [-0.2, -0.15) is 0 Å². The highest BCUT2D eigenvalue weighted by molar-refractivity contribution is 7.17. The van der Waals surface area contributed by atoms with Crippen molar-refractivity contribution in [2.75, 3.05) is 12.4 Å². The van der Waals surface area contributed by atoms with Crippen LogP contribution in [-0.4, -0.2) is 28.5 Å². The Morgan fingerprint density at radius 2 is 2.12 bits per heavy atom. The minimum absolute atomic E-state index is 0.165. The number of amides is 1. The molecule has 0 radical (unpaired) electrons. The predicted octanol–water partition coefficient (Wildman–Crippen LogP) is 2.19. The van der Waals surface area contributed by atoms with E-state index in [9.17, 15) is 14.4 Å². The van der Waals surface area contributed by atoms with E-state index in [2.05, 4.69) is 15.0 Å². The molecule has 128 valence electrons. The van der Waals surface area contributed by atoms with Crippen molar-refractivity contribution in [1.29, 1.82) is 0 Å². The molecule has 1 amide bonds. The van der Waals surface area contributed by atoms with Gasteiger partial charge >= 0.3 is 5.97 Å². The first-order valence-corrected chi connectivity index (χ1v) is 8.29. The number of methoxy groups -OCH3 is 1. The first-order chi connectivity index (χ1) is 12.0. The fourth-order valence-electron chi connectivity index (χ4n) is 2.34. The number of anilines is 1. The molecule has 0 aliphatic carbocycles. The van der Waals surface area contributed by atoms with Crippen LogP contribution in [0.3, 0.4) is 0 Å². The quantitative estimate of drug-likeness (QED) is 0.723. The maximum atomic E-state index is 12.3. The van der Waals surface area contributed by atoms with Crippen LogP contribution in [0.25, 0.3) is 10.2 Å². The van der Waals surface area contributed by atoms with E-state index in [4.69, 9.17) is 0 Å². The summed E-state index contributed by atoms with van der Waals surface area (Å²) in [6, 6.07) is 6.64. The fourth-order valence-corrected chi connectivity index (χ4v) is 3.13. The summed E-state index contributed by atoms with van der Waals surface area (Å²) in [6.45, 7) is 1.64. The average Bonchev–Trinajstić information content (AvgIpc) is 3.08. The van der Waals surface area contributed by atoms with Gasteiger partial charge in [0.1, 0.15) is 11.2 Å². The van der Waals surface area contributed by atoms with Crippen LogP contribution < -0.4 is 10.9 Å². The molecule has 7 nitrogen and oxygen atoms in total. The molecule has 1 N–H and O–H groups in total. The van der Waals surface area contributed by atoms with Gasteiger partial charge in [-0.15, -0.1) is 11.3 Å². The number of aryl methyl sites for hydroxylation is 1. The second kappa shape index (κ2) is 6.86. The minimum Gasteiger partial charge on any atom is -0.465 e. The molecule has 1 aromatic carbocycles. The van der Waals surface area contributed by atoms with Crippen molar-refractivity contribution in [2.45, 2.75) is 13.5 Å². The maximum absolute atomic E-state index is 12.3. The topological polar surface area (TPSA) is 90.3 Å². The van der Waals surface area contributed by atoms with E-state index < -0.39 is 5.97 Å². The van der Waals surface area contributed by atoms with Gasteiger partial charge in [-0.25, -0.2) is 9.78 Å². The standard InChI is InChI=1S/C17H15N3O4S/c1-10-3-4-11(17(23)24-2)7-13(10)19-14(21)8-20-9-18-12-5-6-25-15(12)16(20)22/h3-7,9H,8H2,1-2H3,(H,19,21). The van der Waals surface area contributed by atoms with Gasteiger partial charge in [0.2, 0.25) is 5.91 Å². The number of carbonyl (C=O) groups is 2. The molecular weight excluding hydrogens is 342 g/mol. The molecule has 0 atom stereocenters. The molecule has 8 heteroatoms. The molecule has 0 spiro atoms. The van der Waals surface area contributed by atoms with Crippen LogP contribution in [0, 0.1) is 6.92 Å². The average molecular weight is 357 g/mol. The highest BCUT2D eigenvalue weighted by Gasteiger charge is 2.12. The van der Waals surface area contributed by atoms with E-state index in [1.54, 1.807) is 29.6 Å². The Labute approximate surface area is 146 Å². The van der Waals surface area contributed by atoms with Crippen LogP contribution in [0.4, 0.5) is 5.69 Å². The Hall–Kier alpha value is -3.00. The van der Waals surface area contributed by atoms with Gasteiger partial charge in [-0.3, -0.25) is 14.2 Å². The molecule has 0 saturated carbocycles. The molecule has 2 aromatic heterocycles. The number of carbonyl (C=O) groups excluding carboxylic acids is 2. The number of fused-ring (bicyclic) bond motifs is 1. The summed E-state index contributed by atoms with van der Waals surface area (Å²) in [5.74, 6) is -0.871. The SMILES string of the molecule is COC(=O)c1ccc(C)c(NC(=O)Cn2cnc3ccsc3c2=O)c1. The van der Waals surface area contributed by atoms with E-state index in [1.165, 1.54) is 29.3 Å². The number of ether oxygens (including phenoxy) is 1. The predicted molar refractivity (Wildman–Crippen MR) is 95.0 cm³/mol. The normalized spacial score (nSPS) is 10.6. The highest BCUT2D eigenvalue weighted by Crippen LogP contribution is 2.18. The Bertz CT molecular complexity index is 1020. The molecule has 25 heavy (non-hydrogen) atoms.